The molecule has 0 aliphatic carbocycles. The molecule has 5 rings (SSSR count). The van der Waals surface area contributed by atoms with Crippen LogP contribution in [0.1, 0.15) is 90.4 Å². The third kappa shape index (κ3) is 7.38. The molecule has 10 nitrogen and oxygen atoms in total. The van der Waals surface area contributed by atoms with Crippen LogP contribution in [0.15, 0.2) is 66.7 Å². The lowest BCUT2D eigenvalue weighted by Gasteiger charge is -2.39. The largest absolute Gasteiger partial charge is 0.493 e. The van der Waals surface area contributed by atoms with Gasteiger partial charge in [-0.1, -0.05) is 48.9 Å². The maximum absolute atomic E-state index is 14.4. The first-order valence-corrected chi connectivity index (χ1v) is 16.3. The maximum atomic E-state index is 14.4. The van der Waals surface area contributed by atoms with Gasteiger partial charge in [0.1, 0.15) is 5.60 Å². The van der Waals surface area contributed by atoms with Crippen molar-refractivity contribution in [1.82, 2.24) is 9.80 Å². The highest BCUT2D eigenvalue weighted by Gasteiger charge is 2.43. The average molecular weight is 643 g/mol. The van der Waals surface area contributed by atoms with Crippen LogP contribution in [-0.4, -0.2) is 73.7 Å². The van der Waals surface area contributed by atoms with Crippen molar-refractivity contribution >= 4 is 23.6 Å². The summed E-state index contributed by atoms with van der Waals surface area (Å²) in [4.78, 5) is 45.9. The third-order valence-corrected chi connectivity index (χ3v) is 9.40. The lowest BCUT2D eigenvalue weighted by Crippen LogP contribution is -2.47. The Hall–Kier alpha value is -4.57. The van der Waals surface area contributed by atoms with E-state index in [-0.39, 0.29) is 17.9 Å². The number of anilines is 1. The van der Waals surface area contributed by atoms with Crippen LogP contribution in [0, 0.1) is 0 Å². The number of imide groups is 1. The quantitative estimate of drug-likeness (QED) is 0.169. The number of carbonyl (C=O) groups excluding carboxylic acids is 3. The number of ether oxygens (including phenoxy) is 3. The van der Waals surface area contributed by atoms with Crippen molar-refractivity contribution in [2.24, 2.45) is 5.73 Å². The van der Waals surface area contributed by atoms with Crippen LogP contribution in [0.5, 0.6) is 11.5 Å². The second-order valence-corrected chi connectivity index (χ2v) is 12.8. The monoisotopic (exact) mass is 642 g/mol. The Kier molecular flexibility index (Phi) is 10.4. The number of fused-ring (bicyclic) bond motifs is 1. The summed E-state index contributed by atoms with van der Waals surface area (Å²) in [6.07, 6.45) is 1.65. The highest BCUT2D eigenvalue weighted by atomic mass is 16.6. The molecule has 0 saturated carbocycles. The van der Waals surface area contributed by atoms with Crippen LogP contribution in [0.4, 0.5) is 10.5 Å². The van der Waals surface area contributed by atoms with Gasteiger partial charge in [-0.05, 0) is 75.4 Å². The highest BCUT2D eigenvalue weighted by Crippen LogP contribution is 2.41. The molecule has 0 aromatic heterocycles. The van der Waals surface area contributed by atoms with Gasteiger partial charge in [0.15, 0.2) is 11.5 Å². The molecule has 250 valence electrons. The molecule has 3 aromatic rings. The number of piperazine rings is 1. The summed E-state index contributed by atoms with van der Waals surface area (Å²) >= 11 is 0. The van der Waals surface area contributed by atoms with Gasteiger partial charge in [0.25, 0.3) is 11.8 Å². The molecule has 3 amide bonds. The Morgan fingerprint density at radius 3 is 2.21 bits per heavy atom. The summed E-state index contributed by atoms with van der Waals surface area (Å²) < 4.78 is 16.3. The molecule has 1 fully saturated rings. The summed E-state index contributed by atoms with van der Waals surface area (Å²) in [7, 11) is 3.13. The minimum Gasteiger partial charge on any atom is -0.493 e. The molecular weight excluding hydrogens is 596 g/mol. The third-order valence-electron chi connectivity index (χ3n) is 9.40. The van der Waals surface area contributed by atoms with E-state index in [9.17, 15) is 14.4 Å². The molecule has 2 aliphatic heterocycles. The van der Waals surface area contributed by atoms with Gasteiger partial charge in [0.2, 0.25) is 0 Å². The number of hydrogen-bond acceptors (Lipinski definition) is 8. The molecule has 0 bridgehead atoms. The lowest BCUT2D eigenvalue weighted by atomic mass is 9.95. The predicted octanol–water partition coefficient (Wildman–Crippen LogP) is 6.36. The average Bonchev–Trinajstić information content (AvgIpc) is 3.33. The maximum Gasteiger partial charge on any atom is 0.405 e. The van der Waals surface area contributed by atoms with Crippen LogP contribution in [0.3, 0.4) is 0 Å². The molecule has 0 radical (unpaired) electrons. The zero-order chi connectivity index (χ0) is 33.7. The number of amides is 3. The molecule has 47 heavy (non-hydrogen) atoms. The molecule has 2 heterocycles. The van der Waals surface area contributed by atoms with Crippen LogP contribution in [0.2, 0.25) is 0 Å². The zero-order valence-corrected chi connectivity index (χ0v) is 28.0. The summed E-state index contributed by atoms with van der Waals surface area (Å²) in [5, 5.41) is 0. The molecule has 2 N–H and O–H groups in total. The minimum absolute atomic E-state index is 0.286. The van der Waals surface area contributed by atoms with Crippen molar-refractivity contribution in [3.63, 3.8) is 0 Å². The summed E-state index contributed by atoms with van der Waals surface area (Å²) in [5.41, 5.74) is 8.27. The molecule has 10 heteroatoms. The van der Waals surface area contributed by atoms with Crippen LogP contribution in [0.25, 0.3) is 0 Å². The summed E-state index contributed by atoms with van der Waals surface area (Å²) in [5.74, 6) is 0.481. The van der Waals surface area contributed by atoms with E-state index in [2.05, 4.69) is 41.0 Å². The van der Waals surface area contributed by atoms with E-state index < -0.39 is 17.7 Å². The van der Waals surface area contributed by atoms with E-state index in [0.29, 0.717) is 48.3 Å². The number of unbranched alkanes of at least 4 members (excludes halogenated alkanes) is 1. The van der Waals surface area contributed by atoms with Gasteiger partial charge in [-0.3, -0.25) is 19.4 Å². The van der Waals surface area contributed by atoms with Crippen molar-refractivity contribution in [1.29, 1.82) is 0 Å². The Morgan fingerprint density at radius 2 is 1.55 bits per heavy atom. The second kappa shape index (κ2) is 14.5. The molecule has 1 saturated heterocycles. The number of nitrogens with zero attached hydrogens (tertiary/aromatic N) is 3. The fraction of sp³-hybridized carbons (Fsp3) is 0.432. The molecule has 3 aromatic carbocycles. The normalized spacial score (nSPS) is 16.5. The fourth-order valence-corrected chi connectivity index (χ4v) is 6.84. The second-order valence-electron chi connectivity index (χ2n) is 12.8. The molecule has 0 spiro atoms. The van der Waals surface area contributed by atoms with Crippen LogP contribution < -0.4 is 20.1 Å². The van der Waals surface area contributed by atoms with E-state index in [4.69, 9.17) is 19.9 Å². The first kappa shape index (κ1) is 33.8. The van der Waals surface area contributed by atoms with Crippen LogP contribution >= 0.6 is 0 Å². The van der Waals surface area contributed by atoms with Crippen molar-refractivity contribution in [2.45, 2.75) is 64.1 Å². The van der Waals surface area contributed by atoms with Crippen molar-refractivity contribution in [3.8, 4) is 11.5 Å². The summed E-state index contributed by atoms with van der Waals surface area (Å²) in [6, 6.07) is 21.3. The number of carbonyl (C=O) groups is 3. The van der Waals surface area contributed by atoms with E-state index >= 15 is 0 Å². The molecule has 2 aliphatic rings. The smallest absolute Gasteiger partial charge is 0.405 e. The van der Waals surface area contributed by atoms with E-state index in [1.54, 1.807) is 26.4 Å². The van der Waals surface area contributed by atoms with E-state index in [1.165, 1.54) is 10.5 Å². The van der Waals surface area contributed by atoms with Gasteiger partial charge in [0.05, 0.1) is 37.1 Å². The Bertz CT molecular complexity index is 1580. The molecule has 2 unspecified atom stereocenters. The van der Waals surface area contributed by atoms with Gasteiger partial charge < -0.3 is 24.8 Å². The van der Waals surface area contributed by atoms with E-state index in [0.717, 1.165) is 37.4 Å². The minimum atomic E-state index is -0.813. The van der Waals surface area contributed by atoms with Gasteiger partial charge in [0, 0.05) is 32.2 Å². The Morgan fingerprint density at radius 1 is 0.851 bits per heavy atom. The lowest BCUT2D eigenvalue weighted by molar-refractivity contribution is 0.0360. The van der Waals surface area contributed by atoms with Crippen molar-refractivity contribution in [2.75, 3.05) is 45.3 Å². The topological polar surface area (TPSA) is 115 Å². The SMILES string of the molecule is COc1ccc(C(CCCCC(C)(C)OC(N)=O)N2C(=O)c3cccc(N4CCN(C(C)c5ccccc5)CC4)c3C2=O)cc1OC. The number of hydrogen-bond donors (Lipinski definition) is 1. The van der Waals surface area contributed by atoms with Gasteiger partial charge >= 0.3 is 6.09 Å². The number of nitrogens with two attached hydrogens (primary N) is 1. The number of benzene rings is 3. The molecular formula is C37H46N4O6. The van der Waals surface area contributed by atoms with Gasteiger partial charge in [-0.2, -0.15) is 0 Å². The van der Waals surface area contributed by atoms with E-state index in [1.807, 2.05) is 44.2 Å². The van der Waals surface area contributed by atoms with Gasteiger partial charge in [-0.25, -0.2) is 4.79 Å². The Labute approximate surface area is 277 Å². The van der Waals surface area contributed by atoms with Crippen molar-refractivity contribution in [3.05, 3.63) is 89.0 Å². The van der Waals surface area contributed by atoms with Crippen LogP contribution in [-0.2, 0) is 4.74 Å². The summed E-state index contributed by atoms with van der Waals surface area (Å²) in [6.45, 7) is 9.04. The van der Waals surface area contributed by atoms with Gasteiger partial charge in [-0.15, -0.1) is 0 Å². The van der Waals surface area contributed by atoms with Crippen molar-refractivity contribution < 1.29 is 28.6 Å². The first-order chi connectivity index (χ1) is 22.5. The highest BCUT2D eigenvalue weighted by molar-refractivity contribution is 6.24. The fourth-order valence-electron chi connectivity index (χ4n) is 6.84. The zero-order valence-electron chi connectivity index (χ0n) is 28.0. The number of primary amides is 1. The number of methoxy groups -OCH3 is 2. The first-order valence-electron chi connectivity index (χ1n) is 16.3. The Balaban J connectivity index is 1.38. The predicted molar refractivity (Wildman–Crippen MR) is 181 cm³/mol. The standard InChI is InChI=1S/C37H46N4O6/c1-25(26-12-7-6-8-13-26)39-20-22-40(23-21-39)30-16-11-14-28-33(30)35(43)41(34(28)42)29(15-9-10-19-37(2,3)47-36(38)44)27-17-18-31(45-4)32(24-27)46-5/h6-8,11-14,16-18,24-25,29H,9-10,15,19-23H2,1-5H3,(H2,38,44). The number of rotatable bonds is 13. The molecule has 2 atom stereocenters.